The van der Waals surface area contributed by atoms with Crippen LogP contribution in [0.4, 0.5) is 4.79 Å². The maximum absolute atomic E-state index is 12.1. The summed E-state index contributed by atoms with van der Waals surface area (Å²) in [7, 11) is 1.76. The fourth-order valence-corrected chi connectivity index (χ4v) is 1.97. The molecular weight excluding hydrogens is 232 g/mol. The van der Waals surface area contributed by atoms with Crippen LogP contribution in [-0.4, -0.2) is 28.8 Å². The Labute approximate surface area is 107 Å². The van der Waals surface area contributed by atoms with E-state index < -0.39 is 5.60 Å². The summed E-state index contributed by atoms with van der Waals surface area (Å²) in [6.45, 7) is 7.43. The van der Waals surface area contributed by atoms with Crippen LogP contribution >= 0.6 is 0 Å². The Morgan fingerprint density at radius 1 is 1.50 bits per heavy atom. The lowest BCUT2D eigenvalue weighted by Crippen LogP contribution is -2.41. The minimum Gasteiger partial charge on any atom is -0.444 e. The molecule has 1 amide bonds. The van der Waals surface area contributed by atoms with Gasteiger partial charge < -0.3 is 9.26 Å². The molecule has 0 aliphatic heterocycles. The minimum absolute atomic E-state index is 0.319. The van der Waals surface area contributed by atoms with Gasteiger partial charge >= 0.3 is 6.09 Å². The third-order valence-electron chi connectivity index (χ3n) is 3.14. The van der Waals surface area contributed by atoms with Crippen LogP contribution in [-0.2, 0) is 10.3 Å². The lowest BCUT2D eigenvalue weighted by atomic mass is 10.1. The van der Waals surface area contributed by atoms with E-state index in [0.29, 0.717) is 0 Å². The average Bonchev–Trinajstić information content (AvgIpc) is 2.93. The van der Waals surface area contributed by atoms with Crippen LogP contribution in [0.15, 0.2) is 10.6 Å². The smallest absolute Gasteiger partial charge is 0.410 e. The second-order valence-electron chi connectivity index (χ2n) is 5.89. The van der Waals surface area contributed by atoms with Crippen molar-refractivity contribution in [3.05, 3.63) is 17.5 Å². The SMILES string of the molecule is Cc1cc(C2(N(C)C(=O)OC(C)(C)C)CC2)no1. The van der Waals surface area contributed by atoms with Crippen molar-refractivity contribution < 1.29 is 14.1 Å². The summed E-state index contributed by atoms with van der Waals surface area (Å²) in [4.78, 5) is 13.7. The highest BCUT2D eigenvalue weighted by Gasteiger charge is 2.53. The summed E-state index contributed by atoms with van der Waals surface area (Å²) in [6.07, 6.45) is 1.48. The van der Waals surface area contributed by atoms with Crippen molar-refractivity contribution in [1.82, 2.24) is 10.1 Å². The number of carbonyl (C=O) groups is 1. The molecule has 18 heavy (non-hydrogen) atoms. The van der Waals surface area contributed by atoms with Gasteiger partial charge in [0, 0.05) is 13.1 Å². The van der Waals surface area contributed by atoms with Crippen molar-refractivity contribution in [3.63, 3.8) is 0 Å². The lowest BCUT2D eigenvalue weighted by Gasteiger charge is -2.29. The molecule has 1 aliphatic carbocycles. The average molecular weight is 252 g/mol. The molecule has 0 unspecified atom stereocenters. The molecule has 1 saturated carbocycles. The lowest BCUT2D eigenvalue weighted by molar-refractivity contribution is 0.0183. The van der Waals surface area contributed by atoms with E-state index in [1.165, 1.54) is 0 Å². The monoisotopic (exact) mass is 252 g/mol. The molecule has 5 nitrogen and oxygen atoms in total. The van der Waals surface area contributed by atoms with E-state index in [2.05, 4.69) is 5.16 Å². The highest BCUT2D eigenvalue weighted by atomic mass is 16.6. The van der Waals surface area contributed by atoms with Crippen molar-refractivity contribution in [1.29, 1.82) is 0 Å². The van der Waals surface area contributed by atoms with Crippen LogP contribution in [0.2, 0.25) is 0 Å². The highest BCUT2D eigenvalue weighted by molar-refractivity contribution is 5.69. The molecule has 1 fully saturated rings. The number of carbonyl (C=O) groups excluding carboxylic acids is 1. The van der Waals surface area contributed by atoms with Crippen LogP contribution in [0.1, 0.15) is 45.1 Å². The molecule has 0 spiro atoms. The van der Waals surface area contributed by atoms with Gasteiger partial charge in [0.05, 0.1) is 5.54 Å². The zero-order chi connectivity index (χ0) is 13.6. The predicted molar refractivity (Wildman–Crippen MR) is 66.1 cm³/mol. The number of hydrogen-bond donors (Lipinski definition) is 0. The normalized spacial score (nSPS) is 17.4. The summed E-state index contributed by atoms with van der Waals surface area (Å²) in [5.41, 5.74) is -0.00490. The van der Waals surface area contributed by atoms with Gasteiger partial charge in [-0.15, -0.1) is 0 Å². The first-order valence-electron chi connectivity index (χ1n) is 6.15. The summed E-state index contributed by atoms with van der Waals surface area (Å²) in [5.74, 6) is 0.758. The molecule has 1 aromatic heterocycles. The summed E-state index contributed by atoms with van der Waals surface area (Å²) < 4.78 is 10.5. The minimum atomic E-state index is -0.485. The number of hydrogen-bond acceptors (Lipinski definition) is 4. The number of aromatic nitrogens is 1. The van der Waals surface area contributed by atoms with E-state index in [0.717, 1.165) is 24.3 Å². The van der Waals surface area contributed by atoms with Crippen LogP contribution in [0.3, 0.4) is 0 Å². The molecule has 100 valence electrons. The number of aryl methyl sites for hydroxylation is 1. The largest absolute Gasteiger partial charge is 0.444 e. The second-order valence-corrected chi connectivity index (χ2v) is 5.89. The summed E-state index contributed by atoms with van der Waals surface area (Å²) >= 11 is 0. The molecule has 1 heterocycles. The summed E-state index contributed by atoms with van der Waals surface area (Å²) in [5, 5.41) is 4.03. The fraction of sp³-hybridized carbons (Fsp3) is 0.692. The van der Waals surface area contributed by atoms with Crippen molar-refractivity contribution in [2.75, 3.05) is 7.05 Å². The molecule has 1 aliphatic rings. The quantitative estimate of drug-likeness (QED) is 0.812. The molecule has 2 rings (SSSR count). The molecule has 1 aromatic rings. The molecule has 0 aromatic carbocycles. The van der Waals surface area contributed by atoms with Gasteiger partial charge in [0.25, 0.3) is 0 Å². The third-order valence-corrected chi connectivity index (χ3v) is 3.14. The standard InChI is InChI=1S/C13H20N2O3/c1-9-8-10(14-18-9)13(6-7-13)15(5)11(16)17-12(2,3)4/h8H,6-7H2,1-5H3. The van der Waals surface area contributed by atoms with E-state index >= 15 is 0 Å². The third kappa shape index (κ3) is 2.35. The van der Waals surface area contributed by atoms with Crippen molar-refractivity contribution in [2.45, 2.75) is 51.7 Å². The van der Waals surface area contributed by atoms with Gasteiger partial charge in [-0.25, -0.2) is 4.79 Å². The maximum atomic E-state index is 12.1. The van der Waals surface area contributed by atoms with Crippen LogP contribution in [0, 0.1) is 6.92 Å². The molecule has 0 N–H and O–H groups in total. The Morgan fingerprint density at radius 3 is 2.50 bits per heavy atom. The Hall–Kier alpha value is -1.52. The van der Waals surface area contributed by atoms with Gasteiger partial charge in [-0.1, -0.05) is 5.16 Å². The Balaban J connectivity index is 2.14. The van der Waals surface area contributed by atoms with Crippen LogP contribution in [0.5, 0.6) is 0 Å². The highest BCUT2D eigenvalue weighted by Crippen LogP contribution is 2.50. The van der Waals surface area contributed by atoms with Crippen molar-refractivity contribution in [2.24, 2.45) is 0 Å². The zero-order valence-corrected chi connectivity index (χ0v) is 11.6. The zero-order valence-electron chi connectivity index (χ0n) is 11.6. The van der Waals surface area contributed by atoms with Crippen molar-refractivity contribution in [3.8, 4) is 0 Å². The van der Waals surface area contributed by atoms with Gasteiger partial charge in [-0.05, 0) is 40.5 Å². The summed E-state index contributed by atoms with van der Waals surface area (Å²) in [6, 6.07) is 1.88. The van der Waals surface area contributed by atoms with E-state index in [4.69, 9.17) is 9.26 Å². The fourth-order valence-electron chi connectivity index (χ4n) is 1.97. The molecular formula is C13H20N2O3. The Morgan fingerprint density at radius 2 is 2.11 bits per heavy atom. The molecule has 0 saturated heterocycles. The van der Waals surface area contributed by atoms with Gasteiger partial charge in [0.1, 0.15) is 17.1 Å². The Kier molecular flexibility index (Phi) is 2.87. The number of rotatable bonds is 2. The maximum Gasteiger partial charge on any atom is 0.410 e. The van der Waals surface area contributed by atoms with Crippen LogP contribution < -0.4 is 0 Å². The van der Waals surface area contributed by atoms with Gasteiger partial charge in [0.2, 0.25) is 0 Å². The number of nitrogens with zero attached hydrogens (tertiary/aromatic N) is 2. The van der Waals surface area contributed by atoms with Gasteiger partial charge in [-0.2, -0.15) is 0 Å². The van der Waals surface area contributed by atoms with E-state index in [1.807, 2.05) is 33.8 Å². The van der Waals surface area contributed by atoms with Crippen LogP contribution in [0.25, 0.3) is 0 Å². The molecule has 5 heteroatoms. The molecule has 0 bridgehead atoms. The Bertz CT molecular complexity index is 455. The molecule has 0 atom stereocenters. The number of ether oxygens (including phenoxy) is 1. The first kappa shape index (κ1) is 12.9. The first-order valence-corrected chi connectivity index (χ1v) is 6.15. The van der Waals surface area contributed by atoms with Crippen molar-refractivity contribution >= 4 is 6.09 Å². The second kappa shape index (κ2) is 4.00. The van der Waals surface area contributed by atoms with E-state index in [-0.39, 0.29) is 11.6 Å². The number of amides is 1. The predicted octanol–water partition coefficient (Wildman–Crippen LogP) is 2.84. The van der Waals surface area contributed by atoms with Gasteiger partial charge in [-0.3, -0.25) is 4.90 Å². The van der Waals surface area contributed by atoms with Gasteiger partial charge in [0.15, 0.2) is 0 Å². The topological polar surface area (TPSA) is 55.6 Å². The first-order chi connectivity index (χ1) is 8.24. The van der Waals surface area contributed by atoms with E-state index in [9.17, 15) is 4.79 Å². The molecule has 0 radical (unpaired) electrons. The van der Waals surface area contributed by atoms with E-state index in [1.54, 1.807) is 11.9 Å².